The first-order valence-corrected chi connectivity index (χ1v) is 6.06. The van der Waals surface area contributed by atoms with E-state index in [1.807, 2.05) is 6.92 Å². The van der Waals surface area contributed by atoms with Gasteiger partial charge in [0.2, 0.25) is 0 Å². The fourth-order valence-electron chi connectivity index (χ4n) is 1.63. The average Bonchev–Trinajstić information content (AvgIpc) is 2.43. The second kappa shape index (κ2) is 5.71. The highest BCUT2D eigenvalue weighted by atomic mass is 35.5. The van der Waals surface area contributed by atoms with Crippen LogP contribution >= 0.6 is 11.6 Å². The molecule has 0 aliphatic rings. The molecule has 2 aromatic rings. The van der Waals surface area contributed by atoms with Gasteiger partial charge in [0.15, 0.2) is 0 Å². The van der Waals surface area contributed by atoms with E-state index in [9.17, 15) is 4.79 Å². The van der Waals surface area contributed by atoms with Gasteiger partial charge in [0.25, 0.3) is 5.91 Å². The van der Waals surface area contributed by atoms with Crippen LogP contribution in [-0.2, 0) is 0 Å². The van der Waals surface area contributed by atoms with Gasteiger partial charge < -0.3 is 10.1 Å². The van der Waals surface area contributed by atoms with Gasteiger partial charge in [-0.25, -0.2) is 0 Å². The maximum Gasteiger partial charge on any atom is 0.274 e. The number of rotatable bonds is 3. The second-order valence-electron chi connectivity index (χ2n) is 3.97. The summed E-state index contributed by atoms with van der Waals surface area (Å²) in [6.07, 6.45) is 1.57. The number of aryl methyl sites for hydroxylation is 1. The molecule has 19 heavy (non-hydrogen) atoms. The molecular formula is C14H13ClN2O2. The van der Waals surface area contributed by atoms with Crippen molar-refractivity contribution in [2.45, 2.75) is 6.92 Å². The molecule has 1 aromatic heterocycles. The Morgan fingerprint density at radius 3 is 2.79 bits per heavy atom. The lowest BCUT2D eigenvalue weighted by atomic mass is 10.2. The monoisotopic (exact) mass is 276 g/mol. The predicted octanol–water partition coefficient (Wildman–Crippen LogP) is 3.30. The number of hydrogen-bond donors (Lipinski definition) is 1. The molecule has 0 saturated carbocycles. The minimum atomic E-state index is -0.273. The van der Waals surface area contributed by atoms with E-state index >= 15 is 0 Å². The van der Waals surface area contributed by atoms with Crippen LogP contribution in [0.15, 0.2) is 36.5 Å². The van der Waals surface area contributed by atoms with Crippen molar-refractivity contribution in [3.8, 4) is 5.75 Å². The molecule has 0 unspecified atom stereocenters. The number of pyridine rings is 1. The number of ether oxygens (including phenoxy) is 1. The fourth-order valence-corrected chi connectivity index (χ4v) is 1.87. The summed E-state index contributed by atoms with van der Waals surface area (Å²) in [5.41, 5.74) is 1.86. The number of methoxy groups -OCH3 is 1. The van der Waals surface area contributed by atoms with Crippen LogP contribution in [0.4, 0.5) is 5.69 Å². The van der Waals surface area contributed by atoms with Crippen LogP contribution in [0, 0.1) is 6.92 Å². The van der Waals surface area contributed by atoms with Crippen molar-refractivity contribution in [3.05, 3.63) is 52.8 Å². The molecule has 0 fully saturated rings. The highest BCUT2D eigenvalue weighted by molar-refractivity contribution is 6.32. The number of amides is 1. The van der Waals surface area contributed by atoms with Crippen molar-refractivity contribution in [3.63, 3.8) is 0 Å². The van der Waals surface area contributed by atoms with Crippen molar-refractivity contribution >= 4 is 23.2 Å². The van der Waals surface area contributed by atoms with Crippen LogP contribution in [0.25, 0.3) is 0 Å². The first-order valence-electron chi connectivity index (χ1n) is 5.68. The smallest absolute Gasteiger partial charge is 0.274 e. The minimum Gasteiger partial charge on any atom is -0.495 e. The van der Waals surface area contributed by atoms with Gasteiger partial charge in [-0.05, 0) is 36.8 Å². The summed E-state index contributed by atoms with van der Waals surface area (Å²) in [5, 5.41) is 3.23. The number of benzene rings is 1. The quantitative estimate of drug-likeness (QED) is 0.936. The molecule has 1 aromatic carbocycles. The van der Waals surface area contributed by atoms with Crippen molar-refractivity contribution in [2.24, 2.45) is 0 Å². The molecule has 98 valence electrons. The van der Waals surface area contributed by atoms with Crippen molar-refractivity contribution in [1.29, 1.82) is 0 Å². The third kappa shape index (κ3) is 3.03. The highest BCUT2D eigenvalue weighted by Crippen LogP contribution is 2.30. The summed E-state index contributed by atoms with van der Waals surface area (Å²) in [6.45, 7) is 1.87. The van der Waals surface area contributed by atoms with Crippen LogP contribution in [0.5, 0.6) is 5.75 Å². The largest absolute Gasteiger partial charge is 0.495 e. The number of aromatic nitrogens is 1. The number of carbonyl (C=O) groups excluding carboxylic acids is 1. The summed E-state index contributed by atoms with van der Waals surface area (Å²) in [4.78, 5) is 16.0. The summed E-state index contributed by atoms with van der Waals surface area (Å²) < 4.78 is 5.11. The first-order chi connectivity index (χ1) is 9.11. The van der Waals surface area contributed by atoms with Crippen molar-refractivity contribution in [1.82, 2.24) is 4.98 Å². The molecule has 4 nitrogen and oxygen atoms in total. The van der Waals surface area contributed by atoms with E-state index in [4.69, 9.17) is 16.3 Å². The van der Waals surface area contributed by atoms with Crippen LogP contribution in [0.3, 0.4) is 0 Å². The Morgan fingerprint density at radius 2 is 2.16 bits per heavy atom. The molecule has 0 bridgehead atoms. The summed E-state index contributed by atoms with van der Waals surface area (Å²) in [7, 11) is 1.55. The Kier molecular flexibility index (Phi) is 4.02. The Labute approximate surface area is 116 Å². The Morgan fingerprint density at radius 1 is 1.37 bits per heavy atom. The molecule has 0 radical (unpaired) electrons. The summed E-state index contributed by atoms with van der Waals surface area (Å²) in [6, 6.07) is 8.60. The minimum absolute atomic E-state index is 0.273. The molecule has 0 aliphatic carbocycles. The van der Waals surface area contributed by atoms with Crippen LogP contribution in [-0.4, -0.2) is 18.0 Å². The number of anilines is 1. The van der Waals surface area contributed by atoms with Gasteiger partial charge in [-0.1, -0.05) is 17.7 Å². The van der Waals surface area contributed by atoms with E-state index in [1.165, 1.54) is 0 Å². The SMILES string of the molecule is COc1cc(C)c(NC(=O)c2ccccn2)cc1Cl. The van der Waals surface area contributed by atoms with Gasteiger partial charge in [-0.15, -0.1) is 0 Å². The number of halogens is 1. The Balaban J connectivity index is 2.25. The molecule has 1 amide bonds. The van der Waals surface area contributed by atoms with E-state index in [2.05, 4.69) is 10.3 Å². The molecule has 5 heteroatoms. The topological polar surface area (TPSA) is 51.2 Å². The number of hydrogen-bond acceptors (Lipinski definition) is 3. The molecule has 0 saturated heterocycles. The van der Waals surface area contributed by atoms with Crippen LogP contribution in [0.1, 0.15) is 16.1 Å². The molecule has 1 heterocycles. The number of nitrogens with one attached hydrogen (secondary N) is 1. The van der Waals surface area contributed by atoms with Crippen molar-refractivity contribution < 1.29 is 9.53 Å². The molecule has 0 aliphatic heterocycles. The molecule has 0 atom stereocenters. The summed E-state index contributed by atoms with van der Waals surface area (Å²) in [5.74, 6) is 0.305. The van der Waals surface area contributed by atoms with Crippen LogP contribution < -0.4 is 10.1 Å². The molecule has 1 N–H and O–H groups in total. The van der Waals surface area contributed by atoms with E-state index < -0.39 is 0 Å². The molecule has 2 rings (SSSR count). The lowest BCUT2D eigenvalue weighted by molar-refractivity contribution is 0.102. The van der Waals surface area contributed by atoms with Gasteiger partial charge in [-0.2, -0.15) is 0 Å². The average molecular weight is 277 g/mol. The van der Waals surface area contributed by atoms with Gasteiger partial charge >= 0.3 is 0 Å². The van der Waals surface area contributed by atoms with Gasteiger partial charge in [0, 0.05) is 11.9 Å². The van der Waals surface area contributed by atoms with Crippen LogP contribution in [0.2, 0.25) is 5.02 Å². The zero-order valence-electron chi connectivity index (χ0n) is 10.6. The van der Waals surface area contributed by atoms with E-state index in [0.29, 0.717) is 22.2 Å². The normalized spacial score (nSPS) is 10.1. The third-order valence-corrected chi connectivity index (χ3v) is 2.94. The Bertz CT molecular complexity index is 600. The van der Waals surface area contributed by atoms with Crippen molar-refractivity contribution in [2.75, 3.05) is 12.4 Å². The second-order valence-corrected chi connectivity index (χ2v) is 4.38. The predicted molar refractivity (Wildman–Crippen MR) is 74.9 cm³/mol. The Hall–Kier alpha value is -2.07. The van der Waals surface area contributed by atoms with E-state index in [1.54, 1.807) is 43.6 Å². The lowest BCUT2D eigenvalue weighted by Crippen LogP contribution is -2.14. The van der Waals surface area contributed by atoms with E-state index in [0.717, 1.165) is 5.56 Å². The first kappa shape index (κ1) is 13.4. The maximum absolute atomic E-state index is 12.0. The van der Waals surface area contributed by atoms with Gasteiger partial charge in [0.1, 0.15) is 11.4 Å². The molecular weight excluding hydrogens is 264 g/mol. The zero-order chi connectivity index (χ0) is 13.8. The fraction of sp³-hybridized carbons (Fsp3) is 0.143. The number of carbonyl (C=O) groups is 1. The van der Waals surface area contributed by atoms with Gasteiger partial charge in [0.05, 0.1) is 12.1 Å². The van der Waals surface area contributed by atoms with E-state index in [-0.39, 0.29) is 5.91 Å². The van der Waals surface area contributed by atoms with Gasteiger partial charge in [-0.3, -0.25) is 9.78 Å². The zero-order valence-corrected chi connectivity index (χ0v) is 11.4. The third-order valence-electron chi connectivity index (χ3n) is 2.64. The lowest BCUT2D eigenvalue weighted by Gasteiger charge is -2.11. The number of nitrogens with zero attached hydrogens (tertiary/aromatic N) is 1. The maximum atomic E-state index is 12.0. The standard InChI is InChI=1S/C14H13ClN2O2/c1-9-7-13(19-2)10(15)8-12(9)17-14(18)11-5-3-4-6-16-11/h3-8H,1-2H3,(H,17,18). The molecule has 0 spiro atoms. The summed E-state index contributed by atoms with van der Waals surface area (Å²) >= 11 is 6.04. The highest BCUT2D eigenvalue weighted by Gasteiger charge is 2.11.